The van der Waals surface area contributed by atoms with Crippen molar-refractivity contribution < 1.29 is 9.53 Å². The van der Waals surface area contributed by atoms with E-state index in [1.54, 1.807) is 7.05 Å². The zero-order valence-corrected chi connectivity index (χ0v) is 14.7. The van der Waals surface area contributed by atoms with Crippen LogP contribution in [0.15, 0.2) is 29.3 Å². The van der Waals surface area contributed by atoms with Gasteiger partial charge in [-0.15, -0.1) is 0 Å². The number of aliphatic imine (C=N–C) groups is 1. The van der Waals surface area contributed by atoms with Gasteiger partial charge in [-0.2, -0.15) is 0 Å². The van der Waals surface area contributed by atoms with Crippen molar-refractivity contribution in [2.75, 3.05) is 25.5 Å². The monoisotopic (exact) mass is 320 g/mol. The number of ether oxygens (including phenoxy) is 1. The molecular weight excluding hydrogens is 292 g/mol. The van der Waals surface area contributed by atoms with Crippen molar-refractivity contribution in [1.82, 2.24) is 10.6 Å². The standard InChI is InChI=1S/C17H28N4O2/c1-6-19-15(18-5)21-14-9-7-8-13(12-14)10-11-20-16(22)23-17(2,3)4/h7-9,12H,6,10-11H2,1-5H3,(H,20,22)(H2,18,19,21). The first-order valence-electron chi connectivity index (χ1n) is 7.87. The van der Waals surface area contributed by atoms with Gasteiger partial charge in [0.2, 0.25) is 0 Å². The highest BCUT2D eigenvalue weighted by Crippen LogP contribution is 2.11. The van der Waals surface area contributed by atoms with E-state index in [0.29, 0.717) is 6.54 Å². The Labute approximate surface area is 138 Å². The molecule has 0 aliphatic rings. The van der Waals surface area contributed by atoms with Gasteiger partial charge >= 0.3 is 6.09 Å². The van der Waals surface area contributed by atoms with Gasteiger partial charge in [0.1, 0.15) is 5.60 Å². The number of rotatable bonds is 5. The van der Waals surface area contributed by atoms with Crippen molar-refractivity contribution >= 4 is 17.7 Å². The summed E-state index contributed by atoms with van der Waals surface area (Å²) in [6.07, 6.45) is 0.341. The van der Waals surface area contributed by atoms with Gasteiger partial charge < -0.3 is 20.7 Å². The van der Waals surface area contributed by atoms with Crippen LogP contribution in [0.1, 0.15) is 33.3 Å². The fourth-order valence-electron chi connectivity index (χ4n) is 1.91. The normalized spacial score (nSPS) is 11.8. The number of hydrogen-bond acceptors (Lipinski definition) is 3. The van der Waals surface area contributed by atoms with E-state index in [9.17, 15) is 4.79 Å². The van der Waals surface area contributed by atoms with Crippen molar-refractivity contribution in [3.05, 3.63) is 29.8 Å². The molecule has 0 aliphatic heterocycles. The molecule has 0 aromatic heterocycles. The molecule has 0 unspecified atom stereocenters. The minimum absolute atomic E-state index is 0.390. The third kappa shape index (κ3) is 8.09. The molecular formula is C17H28N4O2. The minimum Gasteiger partial charge on any atom is -0.444 e. The average Bonchev–Trinajstić information content (AvgIpc) is 2.45. The zero-order valence-electron chi connectivity index (χ0n) is 14.7. The maximum atomic E-state index is 11.6. The number of benzene rings is 1. The number of alkyl carbamates (subject to hydrolysis) is 1. The van der Waals surface area contributed by atoms with Gasteiger partial charge in [-0.1, -0.05) is 12.1 Å². The van der Waals surface area contributed by atoms with Crippen LogP contribution in [-0.4, -0.2) is 37.8 Å². The Morgan fingerprint density at radius 3 is 2.61 bits per heavy atom. The van der Waals surface area contributed by atoms with Crippen molar-refractivity contribution in [2.45, 2.75) is 39.7 Å². The molecule has 0 heterocycles. The van der Waals surface area contributed by atoms with Gasteiger partial charge in [-0.05, 0) is 51.8 Å². The van der Waals surface area contributed by atoms with Crippen LogP contribution in [0.2, 0.25) is 0 Å². The number of guanidine groups is 1. The smallest absolute Gasteiger partial charge is 0.407 e. The molecule has 1 rings (SSSR count). The van der Waals surface area contributed by atoms with Crippen LogP contribution in [0.3, 0.4) is 0 Å². The molecule has 0 bridgehead atoms. The summed E-state index contributed by atoms with van der Waals surface area (Å²) in [6.45, 7) is 8.89. The molecule has 3 N–H and O–H groups in total. The van der Waals surface area contributed by atoms with Crippen LogP contribution in [0.25, 0.3) is 0 Å². The number of amides is 1. The number of carbonyl (C=O) groups is 1. The Morgan fingerprint density at radius 1 is 1.26 bits per heavy atom. The quantitative estimate of drug-likeness (QED) is 0.576. The van der Waals surface area contributed by atoms with Crippen LogP contribution < -0.4 is 16.0 Å². The number of nitrogens with zero attached hydrogens (tertiary/aromatic N) is 1. The SMILES string of the molecule is CCNC(=NC)Nc1cccc(CCNC(=O)OC(C)(C)C)c1. The number of anilines is 1. The highest BCUT2D eigenvalue weighted by atomic mass is 16.6. The maximum Gasteiger partial charge on any atom is 0.407 e. The van der Waals surface area contributed by atoms with Gasteiger partial charge in [-0.25, -0.2) is 4.79 Å². The fraction of sp³-hybridized carbons (Fsp3) is 0.529. The second-order valence-corrected chi connectivity index (χ2v) is 6.11. The molecule has 1 aromatic rings. The lowest BCUT2D eigenvalue weighted by Crippen LogP contribution is -2.33. The van der Waals surface area contributed by atoms with Crippen LogP contribution in [-0.2, 0) is 11.2 Å². The van der Waals surface area contributed by atoms with Crippen LogP contribution >= 0.6 is 0 Å². The number of carbonyl (C=O) groups excluding carboxylic acids is 1. The Bertz CT molecular complexity index is 536. The molecule has 0 aliphatic carbocycles. The third-order valence-electron chi connectivity index (χ3n) is 2.84. The maximum absolute atomic E-state index is 11.6. The Kier molecular flexibility index (Phi) is 7.38. The van der Waals surface area contributed by atoms with E-state index < -0.39 is 5.60 Å². The van der Waals surface area contributed by atoms with Crippen molar-refractivity contribution in [3.8, 4) is 0 Å². The second-order valence-electron chi connectivity index (χ2n) is 6.11. The van der Waals surface area contributed by atoms with E-state index >= 15 is 0 Å². The molecule has 128 valence electrons. The lowest BCUT2D eigenvalue weighted by Gasteiger charge is -2.19. The molecule has 1 aromatic carbocycles. The molecule has 0 fully saturated rings. The fourth-order valence-corrected chi connectivity index (χ4v) is 1.91. The summed E-state index contributed by atoms with van der Waals surface area (Å²) in [5.74, 6) is 0.733. The van der Waals surface area contributed by atoms with E-state index in [1.165, 1.54) is 0 Å². The van der Waals surface area contributed by atoms with Gasteiger partial charge in [-0.3, -0.25) is 4.99 Å². The molecule has 0 radical (unpaired) electrons. The Hall–Kier alpha value is -2.24. The molecule has 0 spiro atoms. The van der Waals surface area contributed by atoms with Crippen LogP contribution in [0, 0.1) is 0 Å². The van der Waals surface area contributed by atoms with Crippen LogP contribution in [0.5, 0.6) is 0 Å². The summed E-state index contributed by atoms with van der Waals surface area (Å²) in [4.78, 5) is 15.7. The topological polar surface area (TPSA) is 74.8 Å². The average molecular weight is 320 g/mol. The van der Waals surface area contributed by atoms with Gasteiger partial charge in [0, 0.05) is 25.8 Å². The molecule has 23 heavy (non-hydrogen) atoms. The molecule has 1 amide bonds. The highest BCUT2D eigenvalue weighted by molar-refractivity contribution is 5.93. The lowest BCUT2D eigenvalue weighted by atomic mass is 10.1. The third-order valence-corrected chi connectivity index (χ3v) is 2.84. The first-order valence-corrected chi connectivity index (χ1v) is 7.87. The first kappa shape index (κ1) is 18.8. The van der Waals surface area contributed by atoms with Gasteiger partial charge in [0.15, 0.2) is 5.96 Å². The molecule has 0 atom stereocenters. The predicted molar refractivity (Wildman–Crippen MR) is 95.0 cm³/mol. The van der Waals surface area contributed by atoms with Crippen LogP contribution in [0.4, 0.5) is 10.5 Å². The molecule has 6 heteroatoms. The lowest BCUT2D eigenvalue weighted by molar-refractivity contribution is 0.0528. The predicted octanol–water partition coefficient (Wildman–Crippen LogP) is 2.76. The molecule has 0 saturated carbocycles. The zero-order chi connectivity index (χ0) is 17.3. The first-order chi connectivity index (χ1) is 10.8. The van der Waals surface area contributed by atoms with E-state index in [4.69, 9.17) is 4.74 Å². The van der Waals surface area contributed by atoms with E-state index in [0.717, 1.165) is 30.2 Å². The summed E-state index contributed by atoms with van der Waals surface area (Å²) in [6, 6.07) is 8.02. The van der Waals surface area contributed by atoms with E-state index in [1.807, 2.05) is 52.0 Å². The van der Waals surface area contributed by atoms with Crippen molar-refractivity contribution in [3.63, 3.8) is 0 Å². The largest absolute Gasteiger partial charge is 0.444 e. The van der Waals surface area contributed by atoms with Crippen molar-refractivity contribution in [1.29, 1.82) is 0 Å². The van der Waals surface area contributed by atoms with E-state index in [-0.39, 0.29) is 6.09 Å². The van der Waals surface area contributed by atoms with Gasteiger partial charge in [0.25, 0.3) is 0 Å². The summed E-state index contributed by atoms with van der Waals surface area (Å²) in [5.41, 5.74) is 1.61. The second kappa shape index (κ2) is 9.02. The summed E-state index contributed by atoms with van der Waals surface area (Å²) in [5, 5.41) is 9.13. The van der Waals surface area contributed by atoms with Gasteiger partial charge in [0.05, 0.1) is 0 Å². The highest BCUT2D eigenvalue weighted by Gasteiger charge is 2.15. The summed E-state index contributed by atoms with van der Waals surface area (Å²) < 4.78 is 5.21. The summed E-state index contributed by atoms with van der Waals surface area (Å²) in [7, 11) is 1.74. The molecule has 0 saturated heterocycles. The Morgan fingerprint density at radius 2 is 2.00 bits per heavy atom. The van der Waals surface area contributed by atoms with Crippen molar-refractivity contribution in [2.24, 2.45) is 4.99 Å². The minimum atomic E-state index is -0.476. The van der Waals surface area contributed by atoms with E-state index in [2.05, 4.69) is 20.9 Å². The Balaban J connectivity index is 2.49. The summed E-state index contributed by atoms with van der Waals surface area (Å²) >= 11 is 0. The molecule has 6 nitrogen and oxygen atoms in total. The number of nitrogens with one attached hydrogen (secondary N) is 3. The number of hydrogen-bond donors (Lipinski definition) is 3.